The monoisotopic (exact) mass is 433 g/mol. The molecule has 6 heteroatoms. The zero-order chi connectivity index (χ0) is 22.2. The number of nitrogens with one attached hydrogen (secondary N) is 3. The SMILES string of the molecule is CN=C(NCCc1c[nH]c2ccccc12)NCC1CCN(Cc2ccc(OC)cc2)CC1. The molecule has 0 spiro atoms. The first-order valence-electron chi connectivity index (χ1n) is 11.6. The molecule has 2 heterocycles. The number of aromatic amines is 1. The molecule has 3 N–H and O–H groups in total. The number of H-pyrrole nitrogens is 1. The Bertz CT molecular complexity index is 1000. The number of para-hydroxylation sites is 1. The molecule has 0 aliphatic carbocycles. The molecule has 0 saturated carbocycles. The zero-order valence-corrected chi connectivity index (χ0v) is 19.2. The van der Waals surface area contributed by atoms with Gasteiger partial charge in [0, 0.05) is 43.8 Å². The quantitative estimate of drug-likeness (QED) is 0.374. The van der Waals surface area contributed by atoms with Crippen LogP contribution in [-0.4, -0.2) is 56.2 Å². The van der Waals surface area contributed by atoms with Crippen LogP contribution in [0.15, 0.2) is 59.7 Å². The summed E-state index contributed by atoms with van der Waals surface area (Å²) in [6.45, 7) is 5.14. The highest BCUT2D eigenvalue weighted by Crippen LogP contribution is 2.20. The van der Waals surface area contributed by atoms with E-state index in [0.29, 0.717) is 5.92 Å². The molecule has 1 aliphatic heterocycles. The molecule has 6 nitrogen and oxygen atoms in total. The average Bonchev–Trinajstić information content (AvgIpc) is 3.26. The van der Waals surface area contributed by atoms with Gasteiger partial charge >= 0.3 is 0 Å². The lowest BCUT2D eigenvalue weighted by molar-refractivity contribution is 0.178. The molecule has 1 aromatic heterocycles. The Morgan fingerprint density at radius 1 is 1.09 bits per heavy atom. The Labute approximate surface area is 191 Å². The summed E-state index contributed by atoms with van der Waals surface area (Å²) in [7, 11) is 3.56. The number of aliphatic imine (C=N–C) groups is 1. The molecule has 0 unspecified atom stereocenters. The second-order valence-electron chi connectivity index (χ2n) is 8.56. The summed E-state index contributed by atoms with van der Waals surface area (Å²) in [5.41, 5.74) is 3.89. The summed E-state index contributed by atoms with van der Waals surface area (Å²) in [6.07, 6.45) is 5.52. The molecule has 0 radical (unpaired) electrons. The molecule has 3 aromatic rings. The van der Waals surface area contributed by atoms with Crippen molar-refractivity contribution in [2.75, 3.05) is 40.3 Å². The molecule has 0 atom stereocenters. The van der Waals surface area contributed by atoms with E-state index in [2.05, 4.69) is 68.1 Å². The van der Waals surface area contributed by atoms with Crippen LogP contribution in [0.3, 0.4) is 0 Å². The Kier molecular flexibility index (Phi) is 7.67. The summed E-state index contributed by atoms with van der Waals surface area (Å²) in [5, 5.41) is 8.30. The van der Waals surface area contributed by atoms with Gasteiger partial charge in [-0.3, -0.25) is 9.89 Å². The van der Waals surface area contributed by atoms with Crippen molar-refractivity contribution in [2.24, 2.45) is 10.9 Å². The normalized spacial score (nSPS) is 15.8. The summed E-state index contributed by atoms with van der Waals surface area (Å²) in [6, 6.07) is 16.9. The van der Waals surface area contributed by atoms with Crippen molar-refractivity contribution >= 4 is 16.9 Å². The van der Waals surface area contributed by atoms with Crippen molar-refractivity contribution in [3.63, 3.8) is 0 Å². The van der Waals surface area contributed by atoms with Gasteiger partial charge in [0.15, 0.2) is 5.96 Å². The number of piperidine rings is 1. The third-order valence-electron chi connectivity index (χ3n) is 6.42. The van der Waals surface area contributed by atoms with Crippen molar-refractivity contribution in [3.05, 3.63) is 65.9 Å². The first kappa shape index (κ1) is 22.2. The van der Waals surface area contributed by atoms with Gasteiger partial charge in [0.05, 0.1) is 7.11 Å². The molecule has 0 bridgehead atoms. The molecule has 32 heavy (non-hydrogen) atoms. The predicted octanol–water partition coefficient (Wildman–Crippen LogP) is 3.80. The van der Waals surface area contributed by atoms with Gasteiger partial charge in [-0.25, -0.2) is 0 Å². The fourth-order valence-corrected chi connectivity index (χ4v) is 4.45. The van der Waals surface area contributed by atoms with Crippen molar-refractivity contribution < 1.29 is 4.74 Å². The summed E-state index contributed by atoms with van der Waals surface area (Å²) in [5.74, 6) is 2.50. The zero-order valence-electron chi connectivity index (χ0n) is 19.2. The van der Waals surface area contributed by atoms with Crippen LogP contribution in [-0.2, 0) is 13.0 Å². The van der Waals surface area contributed by atoms with Crippen molar-refractivity contribution in [1.29, 1.82) is 0 Å². The molecule has 2 aromatic carbocycles. The third kappa shape index (κ3) is 5.82. The fourth-order valence-electron chi connectivity index (χ4n) is 4.45. The van der Waals surface area contributed by atoms with E-state index in [-0.39, 0.29) is 0 Å². The minimum atomic E-state index is 0.689. The number of benzene rings is 2. The maximum Gasteiger partial charge on any atom is 0.190 e. The number of aromatic nitrogens is 1. The lowest BCUT2D eigenvalue weighted by Gasteiger charge is -2.32. The van der Waals surface area contributed by atoms with E-state index < -0.39 is 0 Å². The molecule has 1 aliphatic rings. The van der Waals surface area contributed by atoms with Crippen molar-refractivity contribution in [2.45, 2.75) is 25.8 Å². The fraction of sp³-hybridized carbons (Fsp3) is 0.423. The van der Waals surface area contributed by atoms with E-state index in [9.17, 15) is 0 Å². The van der Waals surface area contributed by atoms with Gasteiger partial charge in [-0.1, -0.05) is 30.3 Å². The summed E-state index contributed by atoms with van der Waals surface area (Å²) in [4.78, 5) is 10.3. The van der Waals surface area contributed by atoms with Gasteiger partial charge < -0.3 is 20.4 Å². The third-order valence-corrected chi connectivity index (χ3v) is 6.42. The van der Waals surface area contributed by atoms with E-state index in [0.717, 1.165) is 50.9 Å². The number of fused-ring (bicyclic) bond motifs is 1. The maximum absolute atomic E-state index is 5.25. The van der Waals surface area contributed by atoms with Gasteiger partial charge in [-0.05, 0) is 67.6 Å². The van der Waals surface area contributed by atoms with Crippen LogP contribution in [0.25, 0.3) is 10.9 Å². The highest BCUT2D eigenvalue weighted by Gasteiger charge is 2.19. The van der Waals surface area contributed by atoms with Gasteiger partial charge in [0.25, 0.3) is 0 Å². The number of methoxy groups -OCH3 is 1. The number of hydrogen-bond acceptors (Lipinski definition) is 3. The lowest BCUT2D eigenvalue weighted by Crippen LogP contribution is -2.43. The number of nitrogens with zero attached hydrogens (tertiary/aromatic N) is 2. The second-order valence-corrected chi connectivity index (χ2v) is 8.56. The van der Waals surface area contributed by atoms with E-state index in [1.54, 1.807) is 7.11 Å². The highest BCUT2D eigenvalue weighted by molar-refractivity contribution is 5.83. The molecule has 4 rings (SSSR count). The van der Waals surface area contributed by atoms with Crippen LogP contribution in [0.1, 0.15) is 24.0 Å². The first-order valence-corrected chi connectivity index (χ1v) is 11.6. The summed E-state index contributed by atoms with van der Waals surface area (Å²) < 4.78 is 5.25. The topological polar surface area (TPSA) is 64.7 Å². The Morgan fingerprint density at radius 2 is 1.88 bits per heavy atom. The van der Waals surface area contributed by atoms with E-state index in [1.807, 2.05) is 19.2 Å². The second kappa shape index (κ2) is 11.0. The Hall–Kier alpha value is -2.99. The smallest absolute Gasteiger partial charge is 0.190 e. The maximum atomic E-state index is 5.25. The van der Waals surface area contributed by atoms with Crippen LogP contribution in [0.4, 0.5) is 0 Å². The standard InChI is InChI=1S/C26H35N5O/c1-27-26(28-14-11-22-18-29-25-6-4-3-5-24(22)25)30-17-20-12-15-31(16-13-20)19-21-7-9-23(32-2)10-8-21/h3-10,18,20,29H,11-17,19H2,1-2H3,(H2,27,28,30). The molecular formula is C26H35N5O. The van der Waals surface area contributed by atoms with Gasteiger partial charge in [0.1, 0.15) is 5.75 Å². The Morgan fingerprint density at radius 3 is 2.62 bits per heavy atom. The van der Waals surface area contributed by atoms with E-state index in [4.69, 9.17) is 4.74 Å². The highest BCUT2D eigenvalue weighted by atomic mass is 16.5. The largest absolute Gasteiger partial charge is 0.497 e. The molecular weight excluding hydrogens is 398 g/mol. The van der Waals surface area contributed by atoms with Gasteiger partial charge in [-0.2, -0.15) is 0 Å². The number of guanidine groups is 1. The Balaban J connectivity index is 1.15. The van der Waals surface area contributed by atoms with Crippen molar-refractivity contribution in [1.82, 2.24) is 20.5 Å². The van der Waals surface area contributed by atoms with E-state index >= 15 is 0 Å². The molecule has 1 saturated heterocycles. The predicted molar refractivity (Wildman–Crippen MR) is 132 cm³/mol. The molecule has 1 fully saturated rings. The van der Waals surface area contributed by atoms with Crippen molar-refractivity contribution in [3.8, 4) is 5.75 Å². The summed E-state index contributed by atoms with van der Waals surface area (Å²) >= 11 is 0. The van der Waals surface area contributed by atoms with Gasteiger partial charge in [0.2, 0.25) is 0 Å². The molecule has 0 amide bonds. The number of likely N-dealkylation sites (tertiary alicyclic amines) is 1. The van der Waals surface area contributed by atoms with Gasteiger partial charge in [-0.15, -0.1) is 0 Å². The van der Waals surface area contributed by atoms with Crippen LogP contribution in [0, 0.1) is 5.92 Å². The molecule has 170 valence electrons. The van der Waals surface area contributed by atoms with E-state index in [1.165, 1.54) is 34.9 Å². The number of ether oxygens (including phenoxy) is 1. The first-order chi connectivity index (χ1) is 15.7. The van der Waals surface area contributed by atoms with Crippen LogP contribution < -0.4 is 15.4 Å². The van der Waals surface area contributed by atoms with Crippen LogP contribution >= 0.6 is 0 Å². The van der Waals surface area contributed by atoms with Crippen LogP contribution in [0.5, 0.6) is 5.75 Å². The number of rotatable bonds is 8. The minimum absolute atomic E-state index is 0.689. The minimum Gasteiger partial charge on any atom is -0.497 e. The lowest BCUT2D eigenvalue weighted by atomic mass is 9.96. The average molecular weight is 434 g/mol. The number of hydrogen-bond donors (Lipinski definition) is 3. The van der Waals surface area contributed by atoms with Crippen LogP contribution in [0.2, 0.25) is 0 Å².